The number of fused-ring (bicyclic) bond motifs is 1. The summed E-state index contributed by atoms with van der Waals surface area (Å²) in [4.78, 5) is 5.08. The predicted molar refractivity (Wildman–Crippen MR) is 107 cm³/mol. The second kappa shape index (κ2) is 6.68. The molecule has 1 saturated carbocycles. The van der Waals surface area contributed by atoms with E-state index < -0.39 is 0 Å². The van der Waals surface area contributed by atoms with Crippen LogP contribution in [0.5, 0.6) is 0 Å². The molecule has 1 unspecified atom stereocenters. The van der Waals surface area contributed by atoms with E-state index in [1.54, 1.807) is 12.1 Å². The summed E-state index contributed by atoms with van der Waals surface area (Å²) in [5, 5.41) is 1.14. The molecule has 0 radical (unpaired) electrons. The molecule has 0 saturated heterocycles. The monoisotopic (exact) mass is 345 g/mol. The van der Waals surface area contributed by atoms with Gasteiger partial charge in [0.15, 0.2) is 0 Å². The van der Waals surface area contributed by atoms with E-state index in [0.717, 1.165) is 28.5 Å². The first-order valence-corrected chi connectivity index (χ1v) is 9.44. The third-order valence-electron chi connectivity index (χ3n) is 5.41. The van der Waals surface area contributed by atoms with Crippen molar-refractivity contribution in [2.75, 3.05) is 0 Å². The lowest BCUT2D eigenvalue weighted by molar-refractivity contribution is 0.628. The number of hydrogen-bond donors (Lipinski definition) is 0. The van der Waals surface area contributed by atoms with Crippen LogP contribution in [0.2, 0.25) is 0 Å². The molecule has 1 aliphatic carbocycles. The van der Waals surface area contributed by atoms with E-state index in [0.29, 0.717) is 5.92 Å². The van der Waals surface area contributed by atoms with Gasteiger partial charge in [-0.2, -0.15) is 0 Å². The molecule has 1 atom stereocenters. The SMILES string of the molecule is C=C(C)C(CC)c1c(C2CC2)nc2ccccc2c1-c1ccc(F)cc1. The van der Waals surface area contributed by atoms with Gasteiger partial charge in [-0.25, -0.2) is 4.39 Å². The maximum absolute atomic E-state index is 13.6. The van der Waals surface area contributed by atoms with Crippen molar-refractivity contribution in [1.29, 1.82) is 0 Å². The first-order valence-electron chi connectivity index (χ1n) is 9.44. The first-order chi connectivity index (χ1) is 12.6. The predicted octanol–water partition coefficient (Wildman–Crippen LogP) is 6.99. The number of halogens is 1. The largest absolute Gasteiger partial charge is 0.252 e. The molecular formula is C24H24FN. The van der Waals surface area contributed by atoms with Gasteiger partial charge in [0.25, 0.3) is 0 Å². The number of para-hydroxylation sites is 1. The number of allylic oxidation sites excluding steroid dienone is 1. The summed E-state index contributed by atoms with van der Waals surface area (Å²) in [7, 11) is 0. The van der Waals surface area contributed by atoms with E-state index in [-0.39, 0.29) is 11.7 Å². The van der Waals surface area contributed by atoms with Crippen LogP contribution in [0.1, 0.15) is 56.2 Å². The van der Waals surface area contributed by atoms with Gasteiger partial charge >= 0.3 is 0 Å². The van der Waals surface area contributed by atoms with Gasteiger partial charge in [-0.1, -0.05) is 49.4 Å². The van der Waals surface area contributed by atoms with E-state index in [4.69, 9.17) is 4.98 Å². The van der Waals surface area contributed by atoms with Crippen LogP contribution in [0.4, 0.5) is 4.39 Å². The Morgan fingerprint density at radius 1 is 1.15 bits per heavy atom. The van der Waals surface area contributed by atoms with Crippen LogP contribution in [0.15, 0.2) is 60.7 Å². The summed E-state index contributed by atoms with van der Waals surface area (Å²) in [6.45, 7) is 8.58. The Morgan fingerprint density at radius 2 is 1.85 bits per heavy atom. The normalized spacial score (nSPS) is 15.2. The molecule has 3 aromatic rings. The molecule has 1 aromatic heterocycles. The average molecular weight is 345 g/mol. The number of nitrogens with zero attached hydrogens (tertiary/aromatic N) is 1. The molecule has 0 spiro atoms. The van der Waals surface area contributed by atoms with Crippen LogP contribution in [0.3, 0.4) is 0 Å². The van der Waals surface area contributed by atoms with E-state index in [2.05, 4.69) is 38.6 Å². The molecule has 0 aliphatic heterocycles. The second-order valence-corrected chi connectivity index (χ2v) is 7.39. The van der Waals surface area contributed by atoms with Crippen LogP contribution in [0.25, 0.3) is 22.0 Å². The van der Waals surface area contributed by atoms with Gasteiger partial charge in [0, 0.05) is 22.9 Å². The van der Waals surface area contributed by atoms with Gasteiger partial charge in [-0.15, -0.1) is 0 Å². The summed E-state index contributed by atoms with van der Waals surface area (Å²) in [6, 6.07) is 15.2. The highest BCUT2D eigenvalue weighted by molar-refractivity contribution is 5.97. The topological polar surface area (TPSA) is 12.9 Å². The summed E-state index contributed by atoms with van der Waals surface area (Å²) in [5.74, 6) is 0.605. The minimum Gasteiger partial charge on any atom is -0.252 e. The number of pyridine rings is 1. The van der Waals surface area contributed by atoms with Crippen molar-refractivity contribution < 1.29 is 4.39 Å². The van der Waals surface area contributed by atoms with Crippen molar-refractivity contribution >= 4 is 10.9 Å². The molecule has 2 aromatic carbocycles. The van der Waals surface area contributed by atoms with Crippen molar-refractivity contribution in [3.05, 3.63) is 77.8 Å². The lowest BCUT2D eigenvalue weighted by Crippen LogP contribution is -2.08. The molecule has 4 rings (SSSR count). The lowest BCUT2D eigenvalue weighted by atomic mass is 9.81. The zero-order chi connectivity index (χ0) is 18.3. The minimum atomic E-state index is -0.206. The Hall–Kier alpha value is -2.48. The zero-order valence-electron chi connectivity index (χ0n) is 15.4. The van der Waals surface area contributed by atoms with Crippen LogP contribution in [-0.2, 0) is 0 Å². The first kappa shape index (κ1) is 17.0. The molecule has 1 fully saturated rings. The molecule has 1 heterocycles. The van der Waals surface area contributed by atoms with Gasteiger partial charge in [-0.3, -0.25) is 4.98 Å². The van der Waals surface area contributed by atoms with Gasteiger partial charge in [0.1, 0.15) is 5.82 Å². The van der Waals surface area contributed by atoms with Crippen molar-refractivity contribution in [2.45, 2.75) is 44.9 Å². The summed E-state index contributed by atoms with van der Waals surface area (Å²) in [5.41, 5.74) is 6.96. The molecule has 2 heteroatoms. The van der Waals surface area contributed by atoms with Gasteiger partial charge in [-0.05, 0) is 61.1 Å². The fourth-order valence-corrected chi connectivity index (χ4v) is 3.99. The highest BCUT2D eigenvalue weighted by Gasteiger charge is 2.32. The Labute approximate surface area is 154 Å². The fourth-order valence-electron chi connectivity index (χ4n) is 3.99. The molecule has 0 amide bonds. The fraction of sp³-hybridized carbons (Fsp3) is 0.292. The van der Waals surface area contributed by atoms with Gasteiger partial charge in [0.05, 0.1) is 5.52 Å². The Kier molecular flexibility index (Phi) is 4.36. The van der Waals surface area contributed by atoms with Crippen LogP contribution >= 0.6 is 0 Å². The molecule has 132 valence electrons. The maximum atomic E-state index is 13.6. The standard InChI is InChI=1S/C24H24FN/c1-4-19(15(2)3)23-22(16-11-13-18(25)14-12-16)20-7-5-6-8-21(20)26-24(23)17-9-10-17/h5-8,11-14,17,19H,2,4,9-10H2,1,3H3. The average Bonchev–Trinajstić information content (AvgIpc) is 3.47. The van der Waals surface area contributed by atoms with Crippen LogP contribution in [0, 0.1) is 5.82 Å². The number of benzene rings is 2. The third-order valence-corrected chi connectivity index (χ3v) is 5.41. The summed E-state index contributed by atoms with van der Waals surface area (Å²) < 4.78 is 13.6. The molecular weight excluding hydrogens is 321 g/mol. The molecule has 1 nitrogen and oxygen atoms in total. The van der Waals surface area contributed by atoms with Crippen molar-refractivity contribution in [1.82, 2.24) is 4.98 Å². The Bertz CT molecular complexity index is 967. The van der Waals surface area contributed by atoms with Crippen LogP contribution in [-0.4, -0.2) is 4.98 Å². The number of rotatable bonds is 5. The molecule has 1 aliphatic rings. The van der Waals surface area contributed by atoms with E-state index in [9.17, 15) is 4.39 Å². The number of hydrogen-bond acceptors (Lipinski definition) is 1. The smallest absolute Gasteiger partial charge is 0.123 e. The van der Waals surface area contributed by atoms with Crippen molar-refractivity contribution in [2.24, 2.45) is 0 Å². The Balaban J connectivity index is 2.10. The number of aromatic nitrogens is 1. The molecule has 26 heavy (non-hydrogen) atoms. The maximum Gasteiger partial charge on any atom is 0.123 e. The Morgan fingerprint density at radius 3 is 2.46 bits per heavy atom. The quantitative estimate of drug-likeness (QED) is 0.454. The molecule has 0 N–H and O–H groups in total. The lowest BCUT2D eigenvalue weighted by Gasteiger charge is -2.24. The van der Waals surface area contributed by atoms with Crippen LogP contribution < -0.4 is 0 Å². The molecule has 0 bridgehead atoms. The highest BCUT2D eigenvalue weighted by Crippen LogP contribution is 2.48. The van der Waals surface area contributed by atoms with E-state index in [1.807, 2.05) is 18.2 Å². The van der Waals surface area contributed by atoms with Crippen molar-refractivity contribution in [3.8, 4) is 11.1 Å². The van der Waals surface area contributed by atoms with Gasteiger partial charge < -0.3 is 0 Å². The van der Waals surface area contributed by atoms with Crippen molar-refractivity contribution in [3.63, 3.8) is 0 Å². The third kappa shape index (κ3) is 2.94. The highest BCUT2D eigenvalue weighted by atomic mass is 19.1. The van der Waals surface area contributed by atoms with E-state index in [1.165, 1.54) is 29.7 Å². The summed E-state index contributed by atoms with van der Waals surface area (Å²) >= 11 is 0. The summed E-state index contributed by atoms with van der Waals surface area (Å²) in [6.07, 6.45) is 3.39. The minimum absolute atomic E-state index is 0.206. The van der Waals surface area contributed by atoms with Gasteiger partial charge in [0.2, 0.25) is 0 Å². The van der Waals surface area contributed by atoms with E-state index >= 15 is 0 Å². The zero-order valence-corrected chi connectivity index (χ0v) is 15.4. The second-order valence-electron chi connectivity index (χ2n) is 7.39.